The van der Waals surface area contributed by atoms with Crippen molar-refractivity contribution < 1.29 is 18.7 Å². The summed E-state index contributed by atoms with van der Waals surface area (Å²) in [6, 6.07) is 5.81. The molecule has 0 aromatic heterocycles. The third kappa shape index (κ3) is 2.66. The second kappa shape index (κ2) is 5.61. The van der Waals surface area contributed by atoms with Crippen molar-refractivity contribution in [1.82, 2.24) is 0 Å². The Bertz CT molecular complexity index is 489. The highest BCUT2D eigenvalue weighted by Gasteiger charge is 2.24. The minimum Gasteiger partial charge on any atom is -0.484 e. The van der Waals surface area contributed by atoms with Crippen LogP contribution in [0, 0.1) is 23.1 Å². The summed E-state index contributed by atoms with van der Waals surface area (Å²) < 4.78 is 23.6. The van der Waals surface area contributed by atoms with E-state index >= 15 is 0 Å². The molecule has 0 N–H and O–H groups in total. The average molecular weight is 249 g/mol. The lowest BCUT2D eigenvalue weighted by Gasteiger charge is -2.10. The van der Waals surface area contributed by atoms with Crippen molar-refractivity contribution in [2.24, 2.45) is 5.92 Å². The smallest absolute Gasteiger partial charge is 0.175 e. The van der Waals surface area contributed by atoms with Crippen molar-refractivity contribution in [1.29, 1.82) is 5.26 Å². The third-order valence-electron chi connectivity index (χ3n) is 2.84. The van der Waals surface area contributed by atoms with Gasteiger partial charge in [-0.15, -0.1) is 0 Å². The Morgan fingerprint density at radius 3 is 3.11 bits per heavy atom. The maximum atomic E-state index is 13.3. The van der Waals surface area contributed by atoms with E-state index in [4.69, 9.17) is 14.7 Å². The second-order valence-electron chi connectivity index (χ2n) is 4.04. The largest absolute Gasteiger partial charge is 0.484 e. The Morgan fingerprint density at radius 1 is 1.61 bits per heavy atom. The fourth-order valence-electron chi connectivity index (χ4n) is 1.79. The first kappa shape index (κ1) is 12.5. The van der Waals surface area contributed by atoms with Gasteiger partial charge in [-0.1, -0.05) is 6.07 Å². The summed E-state index contributed by atoms with van der Waals surface area (Å²) in [4.78, 5) is 11.7. The molecule has 0 radical (unpaired) electrons. The quantitative estimate of drug-likeness (QED) is 0.814. The maximum Gasteiger partial charge on any atom is 0.175 e. The van der Waals surface area contributed by atoms with Crippen LogP contribution in [0.5, 0.6) is 5.75 Å². The van der Waals surface area contributed by atoms with Gasteiger partial charge in [0, 0.05) is 12.5 Å². The van der Waals surface area contributed by atoms with E-state index in [-0.39, 0.29) is 29.6 Å². The zero-order valence-electron chi connectivity index (χ0n) is 9.69. The number of Topliss-reactive ketones (excluding diaryl/α,β-unsaturated/α-hetero) is 1. The van der Waals surface area contributed by atoms with Crippen LogP contribution in [0.1, 0.15) is 12.0 Å². The standard InChI is InChI=1S/C13H12FNO3/c14-11-2-1-3-13(10(11)6-15)18-8-12(16)9-4-5-17-7-9/h1-3,9H,4-5,7-8H2. The monoisotopic (exact) mass is 249 g/mol. The second-order valence-corrected chi connectivity index (χ2v) is 4.04. The highest BCUT2D eigenvalue weighted by molar-refractivity contribution is 5.82. The minimum absolute atomic E-state index is 0.0827. The summed E-state index contributed by atoms with van der Waals surface area (Å²) in [6.45, 7) is 0.836. The number of nitrogens with zero attached hydrogens (tertiary/aromatic N) is 1. The highest BCUT2D eigenvalue weighted by Crippen LogP contribution is 2.21. The molecule has 1 unspecified atom stereocenters. The van der Waals surface area contributed by atoms with Gasteiger partial charge in [0.1, 0.15) is 29.8 Å². The number of hydrogen-bond acceptors (Lipinski definition) is 4. The average Bonchev–Trinajstić information content (AvgIpc) is 2.90. The van der Waals surface area contributed by atoms with E-state index < -0.39 is 5.82 Å². The van der Waals surface area contributed by atoms with Crippen molar-refractivity contribution in [3.05, 3.63) is 29.6 Å². The molecule has 4 nitrogen and oxygen atoms in total. The molecule has 18 heavy (non-hydrogen) atoms. The number of carbonyl (C=O) groups excluding carboxylic acids is 1. The molecule has 1 aromatic rings. The van der Waals surface area contributed by atoms with E-state index in [2.05, 4.69) is 0 Å². The zero-order chi connectivity index (χ0) is 13.0. The van der Waals surface area contributed by atoms with Gasteiger partial charge < -0.3 is 9.47 Å². The number of hydrogen-bond donors (Lipinski definition) is 0. The molecule has 2 rings (SSSR count). The molecule has 0 amide bonds. The van der Waals surface area contributed by atoms with Crippen LogP contribution in [0.4, 0.5) is 4.39 Å². The van der Waals surface area contributed by atoms with E-state index in [9.17, 15) is 9.18 Å². The summed E-state index contributed by atoms with van der Waals surface area (Å²) in [7, 11) is 0. The molecule has 1 aromatic carbocycles. The summed E-state index contributed by atoms with van der Waals surface area (Å²) in [6.07, 6.45) is 0.691. The molecule has 0 spiro atoms. The maximum absolute atomic E-state index is 13.3. The number of ketones is 1. The van der Waals surface area contributed by atoms with Gasteiger partial charge in [-0.05, 0) is 18.6 Å². The molecule has 1 fully saturated rings. The molecule has 0 saturated carbocycles. The number of halogens is 1. The van der Waals surface area contributed by atoms with E-state index in [1.165, 1.54) is 18.2 Å². The molecule has 1 aliphatic heterocycles. The van der Waals surface area contributed by atoms with Gasteiger partial charge >= 0.3 is 0 Å². The van der Waals surface area contributed by atoms with Gasteiger partial charge in [0.05, 0.1) is 6.61 Å². The predicted octanol–water partition coefficient (Wildman–Crippen LogP) is 1.68. The summed E-state index contributed by atoms with van der Waals surface area (Å²) >= 11 is 0. The van der Waals surface area contributed by atoms with Gasteiger partial charge in [0.15, 0.2) is 5.78 Å². The van der Waals surface area contributed by atoms with Crippen molar-refractivity contribution >= 4 is 5.78 Å². The number of rotatable bonds is 4. The Balaban J connectivity index is 2.00. The first-order valence-electron chi connectivity index (χ1n) is 5.64. The van der Waals surface area contributed by atoms with Gasteiger partial charge in [0.2, 0.25) is 0 Å². The molecule has 94 valence electrons. The Labute approximate surface area is 104 Å². The summed E-state index contributed by atoms with van der Waals surface area (Å²) in [5, 5.41) is 8.80. The van der Waals surface area contributed by atoms with Gasteiger partial charge in [-0.3, -0.25) is 4.79 Å². The fraction of sp³-hybridized carbons (Fsp3) is 0.385. The van der Waals surface area contributed by atoms with Crippen LogP contribution in [0.25, 0.3) is 0 Å². The van der Waals surface area contributed by atoms with E-state index in [0.717, 1.165) is 0 Å². The van der Waals surface area contributed by atoms with Crippen molar-refractivity contribution in [3.63, 3.8) is 0 Å². The van der Waals surface area contributed by atoms with E-state index in [1.807, 2.05) is 0 Å². The Hall–Kier alpha value is -1.93. The van der Waals surface area contributed by atoms with Crippen molar-refractivity contribution in [3.8, 4) is 11.8 Å². The predicted molar refractivity (Wildman–Crippen MR) is 60.5 cm³/mol. The van der Waals surface area contributed by atoms with E-state index in [0.29, 0.717) is 19.6 Å². The van der Waals surface area contributed by atoms with Crippen LogP contribution in [-0.2, 0) is 9.53 Å². The third-order valence-corrected chi connectivity index (χ3v) is 2.84. The SMILES string of the molecule is N#Cc1c(F)cccc1OCC(=O)C1CCOC1. The van der Waals surface area contributed by atoms with Crippen LogP contribution in [0.15, 0.2) is 18.2 Å². The molecule has 1 atom stereocenters. The fourth-order valence-corrected chi connectivity index (χ4v) is 1.79. The number of carbonyl (C=O) groups is 1. The normalized spacial score (nSPS) is 18.3. The lowest BCUT2D eigenvalue weighted by molar-refractivity contribution is -0.124. The number of nitriles is 1. The van der Waals surface area contributed by atoms with Crippen molar-refractivity contribution in [2.45, 2.75) is 6.42 Å². The zero-order valence-corrected chi connectivity index (χ0v) is 9.69. The van der Waals surface area contributed by atoms with E-state index in [1.54, 1.807) is 6.07 Å². The van der Waals surface area contributed by atoms with Crippen LogP contribution in [-0.4, -0.2) is 25.6 Å². The van der Waals surface area contributed by atoms with Crippen LogP contribution in [0.3, 0.4) is 0 Å². The molecule has 1 aliphatic rings. The molecule has 1 saturated heterocycles. The minimum atomic E-state index is -0.647. The highest BCUT2D eigenvalue weighted by atomic mass is 19.1. The summed E-state index contributed by atoms with van der Waals surface area (Å²) in [5.74, 6) is -0.777. The van der Waals surface area contributed by atoms with Crippen LogP contribution >= 0.6 is 0 Å². The summed E-state index contributed by atoms with van der Waals surface area (Å²) in [5.41, 5.74) is -0.173. The van der Waals surface area contributed by atoms with Gasteiger partial charge in [-0.2, -0.15) is 5.26 Å². The van der Waals surface area contributed by atoms with Crippen LogP contribution < -0.4 is 4.74 Å². The molecule has 0 bridgehead atoms. The molecule has 1 heterocycles. The Kier molecular flexibility index (Phi) is 3.90. The number of benzene rings is 1. The van der Waals surface area contributed by atoms with Crippen LogP contribution in [0.2, 0.25) is 0 Å². The van der Waals surface area contributed by atoms with Gasteiger partial charge in [0.25, 0.3) is 0 Å². The first-order valence-corrected chi connectivity index (χ1v) is 5.64. The molecule has 0 aliphatic carbocycles. The molecule has 5 heteroatoms. The molecular formula is C13H12FNO3. The lowest BCUT2D eigenvalue weighted by atomic mass is 10.0. The molecular weight excluding hydrogens is 237 g/mol. The van der Waals surface area contributed by atoms with Gasteiger partial charge in [-0.25, -0.2) is 4.39 Å². The van der Waals surface area contributed by atoms with Crippen molar-refractivity contribution in [2.75, 3.05) is 19.8 Å². The Morgan fingerprint density at radius 2 is 2.44 bits per heavy atom. The topological polar surface area (TPSA) is 59.3 Å². The lowest BCUT2D eigenvalue weighted by Crippen LogP contribution is -2.22. The first-order chi connectivity index (χ1) is 8.72. The number of ether oxygens (including phenoxy) is 2.